The predicted octanol–water partition coefficient (Wildman–Crippen LogP) is 2.89. The lowest BCUT2D eigenvalue weighted by Gasteiger charge is -2.16. The smallest absolute Gasteiger partial charge is 0.216 e. The molecule has 0 bridgehead atoms. The summed E-state index contributed by atoms with van der Waals surface area (Å²) in [5.41, 5.74) is 1.99. The zero-order valence-electron chi connectivity index (χ0n) is 12.7. The molecule has 0 amide bonds. The van der Waals surface area contributed by atoms with Gasteiger partial charge >= 0.3 is 0 Å². The third-order valence-electron chi connectivity index (χ3n) is 3.72. The van der Waals surface area contributed by atoms with Crippen LogP contribution >= 0.6 is 11.3 Å². The van der Waals surface area contributed by atoms with Gasteiger partial charge in [0.25, 0.3) is 0 Å². The first-order valence-electron chi connectivity index (χ1n) is 7.38. The Morgan fingerprint density at radius 2 is 2.26 bits per heavy atom. The topological polar surface area (TPSA) is 82.9 Å². The number of hydrogen-bond acceptors (Lipinski definition) is 5. The maximum absolute atomic E-state index is 12.5. The van der Waals surface area contributed by atoms with Crippen molar-refractivity contribution in [2.45, 2.75) is 31.6 Å². The first-order chi connectivity index (χ1) is 11.0. The van der Waals surface area contributed by atoms with E-state index in [1.165, 1.54) is 11.3 Å². The van der Waals surface area contributed by atoms with Crippen LogP contribution in [-0.4, -0.2) is 13.4 Å². The highest BCUT2D eigenvalue weighted by atomic mass is 32.2. The zero-order valence-corrected chi connectivity index (χ0v) is 14.3. The van der Waals surface area contributed by atoms with Gasteiger partial charge < -0.3 is 0 Å². The van der Waals surface area contributed by atoms with E-state index in [4.69, 9.17) is 5.26 Å². The standard InChI is InChI=1S/C16H17N3O2S2/c1-11-9-22-16(18-11)15(14-5-6-14)19-23(20,21)10-13-4-2-3-12(7-13)8-17/h2-4,7,9,14-15,19H,5-6,10H2,1H3/t15-/m0/s1. The van der Waals surface area contributed by atoms with E-state index in [0.717, 1.165) is 23.5 Å². The number of benzene rings is 1. The lowest BCUT2D eigenvalue weighted by Crippen LogP contribution is -2.31. The molecule has 1 fully saturated rings. The molecule has 23 heavy (non-hydrogen) atoms. The molecule has 2 aromatic rings. The van der Waals surface area contributed by atoms with Crippen molar-refractivity contribution in [3.8, 4) is 6.07 Å². The van der Waals surface area contributed by atoms with E-state index in [2.05, 4.69) is 9.71 Å². The number of hydrogen-bond donors (Lipinski definition) is 1. The molecule has 1 aliphatic carbocycles. The Morgan fingerprint density at radius 1 is 1.48 bits per heavy atom. The van der Waals surface area contributed by atoms with Gasteiger partial charge in [0.2, 0.25) is 10.0 Å². The normalized spacial score (nSPS) is 16.0. The van der Waals surface area contributed by atoms with Gasteiger partial charge in [-0.05, 0) is 43.4 Å². The Kier molecular flexibility index (Phi) is 4.48. The molecule has 120 valence electrons. The molecule has 1 saturated carbocycles. The fourth-order valence-electron chi connectivity index (χ4n) is 2.48. The SMILES string of the molecule is Cc1csc([C@@H](NS(=O)(=O)Cc2cccc(C#N)c2)C2CC2)n1. The van der Waals surface area contributed by atoms with E-state index < -0.39 is 10.0 Å². The van der Waals surface area contributed by atoms with Crippen molar-refractivity contribution in [3.63, 3.8) is 0 Å². The molecule has 1 aliphatic rings. The molecule has 5 nitrogen and oxygen atoms in total. The minimum Gasteiger partial charge on any atom is -0.245 e. The summed E-state index contributed by atoms with van der Waals surface area (Å²) in [4.78, 5) is 4.44. The highest BCUT2D eigenvalue weighted by Crippen LogP contribution is 2.42. The Balaban J connectivity index is 1.77. The largest absolute Gasteiger partial charge is 0.245 e. The molecule has 7 heteroatoms. The number of nitriles is 1. The van der Waals surface area contributed by atoms with Gasteiger partial charge in [-0.25, -0.2) is 18.1 Å². The van der Waals surface area contributed by atoms with E-state index in [9.17, 15) is 8.42 Å². The number of nitrogens with zero attached hydrogens (tertiary/aromatic N) is 2. The van der Waals surface area contributed by atoms with Crippen LogP contribution in [0.25, 0.3) is 0 Å². The minimum absolute atomic E-state index is 0.129. The van der Waals surface area contributed by atoms with Gasteiger partial charge in [-0.1, -0.05) is 12.1 Å². The summed E-state index contributed by atoms with van der Waals surface area (Å²) in [6.07, 6.45) is 2.05. The van der Waals surface area contributed by atoms with E-state index >= 15 is 0 Å². The summed E-state index contributed by atoms with van der Waals surface area (Å²) in [5.74, 6) is 0.205. The van der Waals surface area contributed by atoms with Crippen LogP contribution in [0.4, 0.5) is 0 Å². The van der Waals surface area contributed by atoms with E-state index in [1.807, 2.05) is 18.4 Å². The maximum Gasteiger partial charge on any atom is 0.216 e. The molecule has 1 aromatic heterocycles. The summed E-state index contributed by atoms with van der Waals surface area (Å²) in [6.45, 7) is 1.91. The Hall–Kier alpha value is -1.75. The van der Waals surface area contributed by atoms with Gasteiger partial charge in [-0.3, -0.25) is 0 Å². The third-order valence-corrected chi connectivity index (χ3v) is 6.09. The number of rotatable bonds is 6. The van der Waals surface area contributed by atoms with Crippen molar-refractivity contribution in [3.05, 3.63) is 51.5 Å². The molecule has 3 rings (SSSR count). The summed E-state index contributed by atoms with van der Waals surface area (Å²) in [7, 11) is -3.50. The van der Waals surface area contributed by atoms with E-state index in [-0.39, 0.29) is 11.8 Å². The first kappa shape index (κ1) is 16.1. The Bertz CT molecular complexity index is 848. The summed E-state index contributed by atoms with van der Waals surface area (Å²) >= 11 is 1.50. The molecule has 0 radical (unpaired) electrons. The third kappa shape index (κ3) is 4.16. The van der Waals surface area contributed by atoms with Crippen molar-refractivity contribution in [2.75, 3.05) is 0 Å². The average molecular weight is 347 g/mol. The number of sulfonamides is 1. The van der Waals surface area contributed by atoms with Crippen LogP contribution in [-0.2, 0) is 15.8 Å². The molecule has 1 heterocycles. The van der Waals surface area contributed by atoms with Crippen LogP contribution in [0.2, 0.25) is 0 Å². The van der Waals surface area contributed by atoms with Crippen molar-refractivity contribution >= 4 is 21.4 Å². The second-order valence-electron chi connectivity index (χ2n) is 5.83. The summed E-state index contributed by atoms with van der Waals surface area (Å²) < 4.78 is 27.8. The lowest BCUT2D eigenvalue weighted by molar-refractivity contribution is 0.526. The van der Waals surface area contributed by atoms with Crippen LogP contribution in [0.1, 0.15) is 40.7 Å². The molecule has 0 unspecified atom stereocenters. The number of nitrogens with one attached hydrogen (secondary N) is 1. The van der Waals surface area contributed by atoms with Crippen molar-refractivity contribution in [2.24, 2.45) is 5.92 Å². The second kappa shape index (κ2) is 6.40. The van der Waals surface area contributed by atoms with Gasteiger partial charge in [0, 0.05) is 11.1 Å². The molecule has 1 N–H and O–H groups in total. The summed E-state index contributed by atoms with van der Waals surface area (Å²) in [6, 6.07) is 8.48. The lowest BCUT2D eigenvalue weighted by atomic mass is 10.2. The van der Waals surface area contributed by atoms with Crippen molar-refractivity contribution in [1.29, 1.82) is 5.26 Å². The van der Waals surface area contributed by atoms with Crippen LogP contribution in [0.3, 0.4) is 0 Å². The number of aromatic nitrogens is 1. The van der Waals surface area contributed by atoms with Gasteiger partial charge in [0.1, 0.15) is 5.01 Å². The molecular formula is C16H17N3O2S2. The van der Waals surface area contributed by atoms with Gasteiger partial charge in [0.05, 0.1) is 23.4 Å². The van der Waals surface area contributed by atoms with Crippen LogP contribution in [0.15, 0.2) is 29.6 Å². The fourth-order valence-corrected chi connectivity index (χ4v) is 4.88. The van der Waals surface area contributed by atoms with Crippen molar-refractivity contribution < 1.29 is 8.42 Å². The zero-order chi connectivity index (χ0) is 16.4. The summed E-state index contributed by atoms with van der Waals surface area (Å²) in [5, 5.41) is 11.7. The van der Waals surface area contributed by atoms with Crippen LogP contribution < -0.4 is 4.72 Å². The maximum atomic E-state index is 12.5. The molecule has 0 aliphatic heterocycles. The molecule has 0 saturated heterocycles. The van der Waals surface area contributed by atoms with E-state index in [0.29, 0.717) is 17.0 Å². The van der Waals surface area contributed by atoms with Crippen LogP contribution in [0.5, 0.6) is 0 Å². The average Bonchev–Trinajstić information content (AvgIpc) is 3.26. The van der Waals surface area contributed by atoms with E-state index in [1.54, 1.807) is 24.3 Å². The Morgan fingerprint density at radius 3 is 2.87 bits per heavy atom. The Labute approximate surface area is 140 Å². The first-order valence-corrected chi connectivity index (χ1v) is 9.91. The molecule has 0 spiro atoms. The minimum atomic E-state index is -3.50. The molecule has 1 atom stereocenters. The van der Waals surface area contributed by atoms with Gasteiger partial charge in [-0.15, -0.1) is 11.3 Å². The highest BCUT2D eigenvalue weighted by molar-refractivity contribution is 7.88. The predicted molar refractivity (Wildman–Crippen MR) is 89.2 cm³/mol. The second-order valence-corrected chi connectivity index (χ2v) is 8.47. The quantitative estimate of drug-likeness (QED) is 0.871. The van der Waals surface area contributed by atoms with Gasteiger partial charge in [0.15, 0.2) is 0 Å². The van der Waals surface area contributed by atoms with Crippen molar-refractivity contribution in [1.82, 2.24) is 9.71 Å². The number of aryl methyl sites for hydroxylation is 1. The monoisotopic (exact) mass is 347 g/mol. The fraction of sp³-hybridized carbons (Fsp3) is 0.375. The number of thiazole rings is 1. The molecule has 1 aromatic carbocycles. The highest BCUT2D eigenvalue weighted by Gasteiger charge is 2.36. The van der Waals surface area contributed by atoms with Gasteiger partial charge in [-0.2, -0.15) is 5.26 Å². The molecular weight excluding hydrogens is 330 g/mol. The van der Waals surface area contributed by atoms with Crippen LogP contribution in [0, 0.1) is 24.2 Å².